The second-order valence-electron chi connectivity index (χ2n) is 6.61. The monoisotopic (exact) mass is 327 g/mol. The maximum Gasteiger partial charge on any atom is 0.241 e. The Morgan fingerprint density at radius 1 is 1.14 bits per heavy atom. The lowest BCUT2D eigenvalue weighted by Crippen LogP contribution is -2.26. The molecule has 1 aromatic rings. The van der Waals surface area contributed by atoms with Gasteiger partial charge in [-0.15, -0.1) is 0 Å². The third-order valence-corrected chi connectivity index (χ3v) is 6.03. The van der Waals surface area contributed by atoms with Gasteiger partial charge >= 0.3 is 0 Å². The molecule has 2 fully saturated rings. The highest BCUT2D eigenvalue weighted by Crippen LogP contribution is 2.38. The van der Waals surface area contributed by atoms with E-state index < -0.39 is 10.0 Å². The van der Waals surface area contributed by atoms with E-state index in [0.717, 1.165) is 31.6 Å². The van der Waals surface area contributed by atoms with Gasteiger partial charge in [-0.1, -0.05) is 37.3 Å². The Hall–Kier alpha value is -0.950. The van der Waals surface area contributed by atoms with Crippen LogP contribution in [0.1, 0.15) is 75.4 Å². The van der Waals surface area contributed by atoms with E-state index in [1.807, 2.05) is 0 Å². The van der Waals surface area contributed by atoms with Crippen LogP contribution in [0.3, 0.4) is 0 Å². The maximum atomic E-state index is 12.0. The number of rotatable bonds is 8. The van der Waals surface area contributed by atoms with Crippen LogP contribution in [0.5, 0.6) is 0 Å². The smallest absolute Gasteiger partial charge is 0.241 e. The minimum Gasteiger partial charge on any atom is -0.338 e. The highest BCUT2D eigenvalue weighted by Gasteiger charge is 2.28. The fourth-order valence-electron chi connectivity index (χ4n) is 3.13. The summed E-state index contributed by atoms with van der Waals surface area (Å²) in [6.07, 6.45) is 10.4. The summed E-state index contributed by atoms with van der Waals surface area (Å²) in [7, 11) is -3.25. The Morgan fingerprint density at radius 2 is 1.91 bits per heavy atom. The summed E-state index contributed by atoms with van der Waals surface area (Å²) in [4.78, 5) is 4.22. The Bertz CT molecular complexity index is 575. The van der Waals surface area contributed by atoms with Crippen LogP contribution in [0.4, 0.5) is 0 Å². The van der Waals surface area contributed by atoms with Crippen molar-refractivity contribution in [3.8, 4) is 0 Å². The van der Waals surface area contributed by atoms with Crippen molar-refractivity contribution in [1.29, 1.82) is 0 Å². The zero-order valence-electron chi connectivity index (χ0n) is 13.0. The molecule has 2 saturated carbocycles. The second kappa shape index (κ2) is 7.08. The molecule has 0 spiro atoms. The largest absolute Gasteiger partial charge is 0.338 e. The molecule has 1 N–H and O–H groups in total. The highest BCUT2D eigenvalue weighted by molar-refractivity contribution is 7.89. The summed E-state index contributed by atoms with van der Waals surface area (Å²) < 4.78 is 31.6. The lowest BCUT2D eigenvalue weighted by atomic mass is 9.86. The van der Waals surface area contributed by atoms with E-state index in [-0.39, 0.29) is 12.3 Å². The van der Waals surface area contributed by atoms with Gasteiger partial charge in [-0.05, 0) is 31.6 Å². The molecule has 0 radical (unpaired) electrons. The zero-order valence-corrected chi connectivity index (χ0v) is 13.8. The molecular weight excluding hydrogens is 302 g/mol. The van der Waals surface area contributed by atoms with E-state index in [1.165, 1.54) is 32.1 Å². The predicted octanol–water partition coefficient (Wildman–Crippen LogP) is 2.73. The van der Waals surface area contributed by atoms with E-state index in [0.29, 0.717) is 17.6 Å². The third kappa shape index (κ3) is 4.78. The Morgan fingerprint density at radius 3 is 2.64 bits per heavy atom. The van der Waals surface area contributed by atoms with E-state index >= 15 is 0 Å². The molecule has 0 unspecified atom stereocenters. The highest BCUT2D eigenvalue weighted by atomic mass is 32.2. The van der Waals surface area contributed by atoms with Crippen LogP contribution in [0.2, 0.25) is 0 Å². The first-order valence-electron chi connectivity index (χ1n) is 8.42. The fraction of sp³-hybridized carbons (Fsp3) is 0.867. The summed E-state index contributed by atoms with van der Waals surface area (Å²) in [5.41, 5.74) is 0. The van der Waals surface area contributed by atoms with Crippen molar-refractivity contribution in [2.75, 3.05) is 5.75 Å². The first kappa shape index (κ1) is 15.9. The van der Waals surface area contributed by atoms with Gasteiger partial charge in [0.05, 0.1) is 12.3 Å². The number of nitrogens with zero attached hydrogens (tertiary/aromatic N) is 2. The average molecular weight is 327 g/mol. The van der Waals surface area contributed by atoms with Gasteiger partial charge in [-0.2, -0.15) is 4.98 Å². The van der Waals surface area contributed by atoms with Crippen molar-refractivity contribution in [3.05, 3.63) is 11.7 Å². The van der Waals surface area contributed by atoms with Gasteiger partial charge in [0.1, 0.15) is 0 Å². The van der Waals surface area contributed by atoms with Crippen molar-refractivity contribution < 1.29 is 12.9 Å². The van der Waals surface area contributed by atoms with Crippen LogP contribution in [0.25, 0.3) is 0 Å². The second-order valence-corrected chi connectivity index (χ2v) is 8.53. The maximum absolute atomic E-state index is 12.0. The van der Waals surface area contributed by atoms with E-state index in [1.54, 1.807) is 0 Å². The first-order chi connectivity index (χ1) is 10.6. The Kier molecular flexibility index (Phi) is 5.13. The lowest BCUT2D eigenvalue weighted by molar-refractivity contribution is 0.336. The van der Waals surface area contributed by atoms with Crippen molar-refractivity contribution in [1.82, 2.24) is 14.9 Å². The fourth-order valence-corrected chi connectivity index (χ4v) is 4.16. The number of nitrogens with one attached hydrogen (secondary N) is 1. The van der Waals surface area contributed by atoms with Gasteiger partial charge in [-0.3, -0.25) is 0 Å². The molecule has 3 rings (SSSR count). The Labute approximate surface area is 132 Å². The molecule has 124 valence electrons. The molecule has 0 bridgehead atoms. The van der Waals surface area contributed by atoms with Gasteiger partial charge < -0.3 is 4.52 Å². The van der Waals surface area contributed by atoms with Crippen LogP contribution >= 0.6 is 0 Å². The standard InChI is InChI=1S/C15H25N3O3S/c19-22(20,10-4-7-12-5-2-1-3-6-12)16-11-14-17-15(18-21-14)13-8-9-13/h12-13,16H,1-11H2. The van der Waals surface area contributed by atoms with Gasteiger partial charge in [-0.25, -0.2) is 13.1 Å². The van der Waals surface area contributed by atoms with Crippen molar-refractivity contribution in [2.45, 2.75) is 70.3 Å². The van der Waals surface area contributed by atoms with Crippen LogP contribution < -0.4 is 4.72 Å². The molecular formula is C15H25N3O3S. The topological polar surface area (TPSA) is 85.1 Å². The third-order valence-electron chi connectivity index (χ3n) is 4.62. The van der Waals surface area contributed by atoms with E-state index in [9.17, 15) is 8.42 Å². The van der Waals surface area contributed by atoms with Crippen LogP contribution in [0, 0.1) is 5.92 Å². The van der Waals surface area contributed by atoms with Crippen LogP contribution in [-0.4, -0.2) is 24.3 Å². The summed E-state index contributed by atoms with van der Waals surface area (Å²) in [5, 5.41) is 3.88. The van der Waals surface area contributed by atoms with Gasteiger partial charge in [0.15, 0.2) is 5.82 Å². The van der Waals surface area contributed by atoms with E-state index in [4.69, 9.17) is 4.52 Å². The van der Waals surface area contributed by atoms with Crippen molar-refractivity contribution >= 4 is 10.0 Å². The molecule has 2 aliphatic carbocycles. The summed E-state index contributed by atoms with van der Waals surface area (Å²) in [6.45, 7) is 0.103. The minimum absolute atomic E-state index is 0.103. The first-order valence-corrected chi connectivity index (χ1v) is 10.1. The number of aromatic nitrogens is 2. The molecule has 2 aliphatic rings. The molecule has 1 heterocycles. The van der Waals surface area contributed by atoms with Crippen molar-refractivity contribution in [2.24, 2.45) is 5.92 Å². The van der Waals surface area contributed by atoms with Gasteiger partial charge in [0.25, 0.3) is 0 Å². The van der Waals surface area contributed by atoms with E-state index in [2.05, 4.69) is 14.9 Å². The van der Waals surface area contributed by atoms with Crippen molar-refractivity contribution in [3.63, 3.8) is 0 Å². The molecule has 0 saturated heterocycles. The molecule has 1 aromatic heterocycles. The number of hydrogen-bond acceptors (Lipinski definition) is 5. The molecule has 0 amide bonds. The predicted molar refractivity (Wildman–Crippen MR) is 82.7 cm³/mol. The number of hydrogen-bond donors (Lipinski definition) is 1. The normalized spacial score (nSPS) is 20.4. The molecule has 6 nitrogen and oxygen atoms in total. The molecule has 0 aliphatic heterocycles. The van der Waals surface area contributed by atoms with Gasteiger partial charge in [0.2, 0.25) is 15.9 Å². The lowest BCUT2D eigenvalue weighted by Gasteiger charge is -2.21. The zero-order chi connectivity index (χ0) is 15.4. The molecule has 22 heavy (non-hydrogen) atoms. The van der Waals surface area contributed by atoms with Gasteiger partial charge in [0, 0.05) is 5.92 Å². The average Bonchev–Trinajstić information content (AvgIpc) is 3.25. The summed E-state index contributed by atoms with van der Waals surface area (Å²) >= 11 is 0. The van der Waals surface area contributed by atoms with Crippen LogP contribution in [-0.2, 0) is 16.6 Å². The quantitative estimate of drug-likeness (QED) is 0.793. The number of sulfonamides is 1. The summed E-state index contributed by atoms with van der Waals surface area (Å²) in [5.74, 6) is 2.41. The minimum atomic E-state index is -3.25. The molecule has 0 atom stereocenters. The molecule has 7 heteroatoms. The summed E-state index contributed by atoms with van der Waals surface area (Å²) in [6, 6.07) is 0. The SMILES string of the molecule is O=S(=O)(CCCC1CCCCC1)NCc1nc(C2CC2)no1. The molecule has 0 aromatic carbocycles. The van der Waals surface area contributed by atoms with Crippen LogP contribution in [0.15, 0.2) is 4.52 Å². The Balaban J connectivity index is 1.38.